The predicted octanol–water partition coefficient (Wildman–Crippen LogP) is 2.39. The summed E-state index contributed by atoms with van der Waals surface area (Å²) in [7, 11) is 0. The molecule has 1 aliphatic heterocycles. The number of benzene rings is 1. The van der Waals surface area contributed by atoms with Crippen LogP contribution in [0.3, 0.4) is 0 Å². The first-order valence-electron chi connectivity index (χ1n) is 6.22. The van der Waals surface area contributed by atoms with Crippen molar-refractivity contribution in [1.29, 1.82) is 0 Å². The molecule has 1 saturated heterocycles. The number of ketones is 1. The van der Waals surface area contributed by atoms with Crippen LogP contribution < -0.4 is 5.32 Å². The lowest BCUT2D eigenvalue weighted by atomic mass is 10.0. The maximum atomic E-state index is 13.2. The second-order valence-corrected chi connectivity index (χ2v) is 4.79. The molecule has 4 nitrogen and oxygen atoms in total. The molecular formula is C14H16FNO3. The zero-order chi connectivity index (χ0) is 14.0. The van der Waals surface area contributed by atoms with Crippen molar-refractivity contribution in [2.75, 3.05) is 11.9 Å². The van der Waals surface area contributed by atoms with Gasteiger partial charge in [-0.25, -0.2) is 4.39 Å². The molecule has 0 spiro atoms. The summed E-state index contributed by atoms with van der Waals surface area (Å²) in [6, 6.07) is 3.71. The third-order valence-corrected chi connectivity index (χ3v) is 3.26. The molecule has 2 unspecified atom stereocenters. The fraction of sp³-hybridized carbons (Fsp3) is 0.429. The van der Waals surface area contributed by atoms with Crippen LogP contribution in [0.1, 0.15) is 30.6 Å². The van der Waals surface area contributed by atoms with E-state index in [9.17, 15) is 14.0 Å². The molecule has 0 radical (unpaired) electrons. The molecule has 0 saturated carbocycles. The van der Waals surface area contributed by atoms with Crippen molar-refractivity contribution < 1.29 is 18.7 Å². The van der Waals surface area contributed by atoms with Crippen LogP contribution in [0, 0.1) is 11.7 Å². The van der Waals surface area contributed by atoms with Crippen molar-refractivity contribution in [2.24, 2.45) is 5.92 Å². The topological polar surface area (TPSA) is 55.4 Å². The molecule has 1 amide bonds. The summed E-state index contributed by atoms with van der Waals surface area (Å²) in [6.45, 7) is 3.84. The van der Waals surface area contributed by atoms with E-state index in [1.807, 2.05) is 6.92 Å². The zero-order valence-corrected chi connectivity index (χ0v) is 10.9. The summed E-state index contributed by atoms with van der Waals surface area (Å²) < 4.78 is 18.6. The van der Waals surface area contributed by atoms with E-state index in [0.29, 0.717) is 12.2 Å². The molecule has 102 valence electrons. The number of hydrogen-bond donors (Lipinski definition) is 1. The minimum atomic E-state index is -0.539. The average Bonchev–Trinajstić information content (AvgIpc) is 2.75. The molecular weight excluding hydrogens is 249 g/mol. The maximum Gasteiger partial charge on any atom is 0.253 e. The number of hydrogen-bond acceptors (Lipinski definition) is 3. The number of ether oxygens (including phenoxy) is 1. The van der Waals surface area contributed by atoms with Crippen molar-refractivity contribution in [3.05, 3.63) is 29.6 Å². The highest BCUT2D eigenvalue weighted by Gasteiger charge is 2.31. The largest absolute Gasteiger partial charge is 0.368 e. The van der Waals surface area contributed by atoms with Crippen LogP contribution in [-0.2, 0) is 9.53 Å². The Bertz CT molecular complexity index is 515. The number of Topliss-reactive ketones (excluding diaryl/α,β-unsaturated/α-hetero) is 1. The Kier molecular flexibility index (Phi) is 3.95. The van der Waals surface area contributed by atoms with Crippen LogP contribution >= 0.6 is 0 Å². The molecule has 2 atom stereocenters. The summed E-state index contributed by atoms with van der Waals surface area (Å²) in [6.07, 6.45) is 0.281. The first kappa shape index (κ1) is 13.7. The van der Waals surface area contributed by atoms with Crippen molar-refractivity contribution in [2.45, 2.75) is 26.4 Å². The highest BCUT2D eigenvalue weighted by atomic mass is 19.1. The number of amides is 1. The van der Waals surface area contributed by atoms with Gasteiger partial charge in [0.05, 0.1) is 5.69 Å². The summed E-state index contributed by atoms with van der Waals surface area (Å²) in [5.74, 6) is -0.941. The van der Waals surface area contributed by atoms with Gasteiger partial charge in [0.1, 0.15) is 11.9 Å². The van der Waals surface area contributed by atoms with Gasteiger partial charge in [-0.1, -0.05) is 6.92 Å². The summed E-state index contributed by atoms with van der Waals surface area (Å²) in [5.41, 5.74) is 0.487. The van der Waals surface area contributed by atoms with E-state index in [0.717, 1.165) is 12.5 Å². The molecule has 0 aliphatic carbocycles. The third-order valence-electron chi connectivity index (χ3n) is 3.26. The van der Waals surface area contributed by atoms with Crippen LogP contribution in [0.4, 0.5) is 10.1 Å². The maximum absolute atomic E-state index is 13.2. The van der Waals surface area contributed by atoms with Gasteiger partial charge in [-0.05, 0) is 37.5 Å². The fourth-order valence-corrected chi connectivity index (χ4v) is 2.16. The second-order valence-electron chi connectivity index (χ2n) is 4.79. The zero-order valence-electron chi connectivity index (χ0n) is 10.9. The highest BCUT2D eigenvalue weighted by Crippen LogP contribution is 2.23. The molecule has 0 aromatic heterocycles. The van der Waals surface area contributed by atoms with Gasteiger partial charge in [0.2, 0.25) is 0 Å². The van der Waals surface area contributed by atoms with Crippen LogP contribution in [0.5, 0.6) is 0 Å². The Balaban J connectivity index is 2.20. The Morgan fingerprint density at radius 3 is 2.74 bits per heavy atom. The number of rotatable bonds is 3. The standard InChI is InChI=1S/C14H16FNO3/c1-8-5-6-19-13(8)14(18)16-12-7-10(15)3-4-11(12)9(2)17/h3-4,7-8,13H,5-6H2,1-2H3,(H,16,18). The van der Waals surface area contributed by atoms with E-state index in [-0.39, 0.29) is 23.3 Å². The molecule has 19 heavy (non-hydrogen) atoms. The third kappa shape index (κ3) is 2.98. The van der Waals surface area contributed by atoms with Crippen LogP contribution in [0.25, 0.3) is 0 Å². The molecule has 1 aromatic rings. The van der Waals surface area contributed by atoms with E-state index in [1.54, 1.807) is 0 Å². The second kappa shape index (κ2) is 5.48. The van der Waals surface area contributed by atoms with Crippen molar-refractivity contribution in [1.82, 2.24) is 0 Å². The van der Waals surface area contributed by atoms with E-state index >= 15 is 0 Å². The van der Waals surface area contributed by atoms with Crippen LogP contribution in [0.15, 0.2) is 18.2 Å². The van der Waals surface area contributed by atoms with Gasteiger partial charge in [-0.3, -0.25) is 9.59 Å². The smallest absolute Gasteiger partial charge is 0.253 e. The fourth-order valence-electron chi connectivity index (χ4n) is 2.16. The Morgan fingerprint density at radius 2 is 2.16 bits per heavy atom. The normalized spacial score (nSPS) is 22.3. The minimum Gasteiger partial charge on any atom is -0.368 e. The number of halogens is 1. The quantitative estimate of drug-likeness (QED) is 0.854. The first-order chi connectivity index (χ1) is 8.99. The number of carbonyl (C=O) groups excluding carboxylic acids is 2. The first-order valence-corrected chi connectivity index (χ1v) is 6.22. The summed E-state index contributed by atoms with van der Waals surface area (Å²) >= 11 is 0. The van der Waals surface area contributed by atoms with Crippen molar-refractivity contribution in [3.63, 3.8) is 0 Å². The van der Waals surface area contributed by atoms with E-state index in [1.165, 1.54) is 19.1 Å². The molecule has 1 aromatic carbocycles. The lowest BCUT2D eigenvalue weighted by Crippen LogP contribution is -2.31. The van der Waals surface area contributed by atoms with Crippen LogP contribution in [0.2, 0.25) is 0 Å². The van der Waals surface area contributed by atoms with Gasteiger partial charge < -0.3 is 10.1 Å². The number of nitrogens with one attached hydrogen (secondary N) is 1. The lowest BCUT2D eigenvalue weighted by Gasteiger charge is -2.16. The minimum absolute atomic E-state index is 0.120. The molecule has 1 aliphatic rings. The van der Waals surface area contributed by atoms with Gasteiger partial charge >= 0.3 is 0 Å². The summed E-state index contributed by atoms with van der Waals surface area (Å²) in [4.78, 5) is 23.5. The van der Waals surface area contributed by atoms with Gasteiger partial charge in [-0.15, -0.1) is 0 Å². The highest BCUT2D eigenvalue weighted by molar-refractivity contribution is 6.04. The number of carbonyl (C=O) groups is 2. The molecule has 1 heterocycles. The Hall–Kier alpha value is -1.75. The monoisotopic (exact) mass is 265 g/mol. The Morgan fingerprint density at radius 1 is 1.42 bits per heavy atom. The molecule has 2 rings (SSSR count). The molecule has 1 fully saturated rings. The van der Waals surface area contributed by atoms with Gasteiger partial charge in [-0.2, -0.15) is 0 Å². The van der Waals surface area contributed by atoms with E-state index in [2.05, 4.69) is 5.32 Å². The number of anilines is 1. The van der Waals surface area contributed by atoms with Crippen molar-refractivity contribution >= 4 is 17.4 Å². The Labute approximate surface area is 110 Å². The lowest BCUT2D eigenvalue weighted by molar-refractivity contribution is -0.126. The van der Waals surface area contributed by atoms with Gasteiger partial charge in [0, 0.05) is 12.2 Å². The molecule has 1 N–H and O–H groups in total. The van der Waals surface area contributed by atoms with Gasteiger partial charge in [0.15, 0.2) is 5.78 Å². The SMILES string of the molecule is CC(=O)c1ccc(F)cc1NC(=O)C1OCCC1C. The molecule has 5 heteroatoms. The van der Waals surface area contributed by atoms with E-state index < -0.39 is 11.9 Å². The average molecular weight is 265 g/mol. The van der Waals surface area contributed by atoms with Crippen molar-refractivity contribution in [3.8, 4) is 0 Å². The van der Waals surface area contributed by atoms with Crippen LogP contribution in [-0.4, -0.2) is 24.4 Å². The molecule has 0 bridgehead atoms. The summed E-state index contributed by atoms with van der Waals surface area (Å²) in [5, 5.41) is 2.58. The van der Waals surface area contributed by atoms with Gasteiger partial charge in [0.25, 0.3) is 5.91 Å². The predicted molar refractivity (Wildman–Crippen MR) is 68.6 cm³/mol. The van der Waals surface area contributed by atoms with E-state index in [4.69, 9.17) is 4.74 Å².